The van der Waals surface area contributed by atoms with Crippen molar-refractivity contribution < 1.29 is 47.9 Å². The standard InChI is InChI=1S/C27H37F3N2O8S/c28-27(29,30)19-6-5-7-21(16-19)39-18-20(33)10-11-23-22(24(34)17-25(23)35)8-3-1-2-4-9-26(36)31-12-14-41-15-13-40-32(37)38/h1,3,5-7,10-11,16,20,22-25,33-35H,2,4,8-9,12-15,17-18H2,(H,31,36)/t20-,22-,23-,24+,25-/m1/s1. The number of carbonyl (C=O) groups excluding carboxylic acids is 1. The number of aliphatic hydroxyl groups is 3. The van der Waals surface area contributed by atoms with Gasteiger partial charge in [0.15, 0.2) is 0 Å². The summed E-state index contributed by atoms with van der Waals surface area (Å²) in [4.78, 5) is 26.1. The van der Waals surface area contributed by atoms with Gasteiger partial charge in [0, 0.05) is 36.8 Å². The molecule has 5 atom stereocenters. The van der Waals surface area contributed by atoms with Gasteiger partial charge in [-0.2, -0.15) is 24.9 Å². The highest BCUT2D eigenvalue weighted by molar-refractivity contribution is 7.99. The van der Waals surface area contributed by atoms with Crippen LogP contribution in [0.25, 0.3) is 0 Å². The summed E-state index contributed by atoms with van der Waals surface area (Å²) in [5.74, 6) is 0.260. The molecule has 0 radical (unpaired) electrons. The molecular formula is C27H37F3N2O8S. The Kier molecular flexibility index (Phi) is 15.0. The number of hydrogen-bond acceptors (Lipinski definition) is 9. The second-order valence-electron chi connectivity index (χ2n) is 9.52. The molecule has 1 aliphatic rings. The van der Waals surface area contributed by atoms with Gasteiger partial charge >= 0.3 is 6.18 Å². The predicted molar refractivity (Wildman–Crippen MR) is 147 cm³/mol. The second-order valence-corrected chi connectivity index (χ2v) is 10.7. The van der Waals surface area contributed by atoms with Crippen molar-refractivity contribution >= 4 is 17.7 Å². The molecule has 10 nitrogen and oxygen atoms in total. The van der Waals surface area contributed by atoms with Gasteiger partial charge < -0.3 is 30.2 Å². The van der Waals surface area contributed by atoms with Crippen LogP contribution in [-0.2, 0) is 15.8 Å². The van der Waals surface area contributed by atoms with E-state index in [-0.39, 0.29) is 37.2 Å². The Labute approximate surface area is 240 Å². The lowest BCUT2D eigenvalue weighted by molar-refractivity contribution is -0.756. The van der Waals surface area contributed by atoms with E-state index in [2.05, 4.69) is 10.2 Å². The molecule has 0 unspecified atom stereocenters. The topological polar surface area (TPSA) is 151 Å². The highest BCUT2D eigenvalue weighted by atomic mass is 32.2. The molecule has 0 heterocycles. The molecule has 4 N–H and O–H groups in total. The third kappa shape index (κ3) is 13.6. The molecule has 1 amide bonds. The minimum atomic E-state index is -4.50. The molecule has 0 spiro atoms. The zero-order valence-electron chi connectivity index (χ0n) is 22.4. The van der Waals surface area contributed by atoms with Crippen LogP contribution in [0.5, 0.6) is 5.75 Å². The average Bonchev–Trinajstić information content (AvgIpc) is 3.18. The van der Waals surface area contributed by atoms with Crippen molar-refractivity contribution in [3.63, 3.8) is 0 Å². The first-order chi connectivity index (χ1) is 19.5. The molecule has 14 heteroatoms. The van der Waals surface area contributed by atoms with Crippen LogP contribution < -0.4 is 10.1 Å². The number of alkyl halides is 3. The number of halogens is 3. The third-order valence-electron chi connectivity index (χ3n) is 6.40. The lowest BCUT2D eigenvalue weighted by Gasteiger charge is -2.19. The lowest BCUT2D eigenvalue weighted by atomic mass is 9.89. The van der Waals surface area contributed by atoms with Gasteiger partial charge in [0.1, 0.15) is 25.1 Å². The van der Waals surface area contributed by atoms with Crippen LogP contribution >= 0.6 is 11.8 Å². The van der Waals surface area contributed by atoms with E-state index in [0.717, 1.165) is 12.1 Å². The van der Waals surface area contributed by atoms with Crippen molar-refractivity contribution in [2.45, 2.75) is 56.6 Å². The van der Waals surface area contributed by atoms with Crippen molar-refractivity contribution in [1.29, 1.82) is 0 Å². The Morgan fingerprint density at radius 3 is 2.76 bits per heavy atom. The number of rotatable bonds is 18. The molecule has 1 aromatic rings. The number of unbranched alkanes of at least 4 members (excludes halogenated alkanes) is 1. The maximum Gasteiger partial charge on any atom is 0.416 e. The first-order valence-corrected chi connectivity index (χ1v) is 14.4. The molecule has 1 aliphatic carbocycles. The number of aliphatic hydroxyl groups excluding tert-OH is 3. The van der Waals surface area contributed by atoms with E-state index >= 15 is 0 Å². The molecule has 230 valence electrons. The number of carbonyl (C=O) groups is 1. The summed E-state index contributed by atoms with van der Waals surface area (Å²) in [7, 11) is 0. The van der Waals surface area contributed by atoms with Gasteiger partial charge in [-0.05, 0) is 43.4 Å². The third-order valence-corrected chi connectivity index (χ3v) is 7.34. The summed E-state index contributed by atoms with van der Waals surface area (Å²) >= 11 is 1.44. The van der Waals surface area contributed by atoms with E-state index in [9.17, 15) is 43.4 Å². The summed E-state index contributed by atoms with van der Waals surface area (Å²) in [5, 5.41) is 43.0. The summed E-state index contributed by atoms with van der Waals surface area (Å²) in [5.41, 5.74) is -0.853. The molecule has 0 bridgehead atoms. The summed E-state index contributed by atoms with van der Waals surface area (Å²) in [6.07, 6.45) is 1.93. The Morgan fingerprint density at radius 2 is 2.02 bits per heavy atom. The number of ether oxygens (including phenoxy) is 1. The van der Waals surface area contributed by atoms with Crippen LogP contribution in [0.2, 0.25) is 0 Å². The van der Waals surface area contributed by atoms with Crippen molar-refractivity contribution in [3.05, 3.63) is 64.2 Å². The van der Waals surface area contributed by atoms with Crippen LogP contribution in [0.3, 0.4) is 0 Å². The molecule has 0 aliphatic heterocycles. The van der Waals surface area contributed by atoms with Crippen LogP contribution in [0, 0.1) is 22.0 Å². The molecule has 1 saturated carbocycles. The number of benzene rings is 1. The van der Waals surface area contributed by atoms with Crippen LogP contribution in [0.15, 0.2) is 48.6 Å². The first kappa shape index (κ1) is 34.4. The fourth-order valence-corrected chi connectivity index (χ4v) is 4.98. The van der Waals surface area contributed by atoms with Crippen LogP contribution in [0.1, 0.15) is 37.7 Å². The summed E-state index contributed by atoms with van der Waals surface area (Å²) in [6.45, 7) is 0.189. The average molecular weight is 607 g/mol. The van der Waals surface area contributed by atoms with Gasteiger partial charge in [-0.3, -0.25) is 4.79 Å². The van der Waals surface area contributed by atoms with Crippen LogP contribution in [-0.4, -0.2) is 75.9 Å². The van der Waals surface area contributed by atoms with Gasteiger partial charge in [0.25, 0.3) is 5.09 Å². The number of thioether (sulfide) groups is 1. The predicted octanol–water partition coefficient (Wildman–Crippen LogP) is 3.53. The molecule has 0 saturated heterocycles. The quantitative estimate of drug-likeness (QED) is 0.0851. The van der Waals surface area contributed by atoms with E-state index in [1.165, 1.54) is 30.0 Å². The smallest absolute Gasteiger partial charge is 0.416 e. The maximum absolute atomic E-state index is 12.8. The van der Waals surface area contributed by atoms with Crippen molar-refractivity contribution in [2.24, 2.45) is 11.8 Å². The normalized spacial score (nSPS) is 21.8. The largest absolute Gasteiger partial charge is 0.491 e. The highest BCUT2D eigenvalue weighted by Crippen LogP contribution is 2.36. The highest BCUT2D eigenvalue weighted by Gasteiger charge is 2.39. The number of nitrogens with one attached hydrogen (secondary N) is 1. The SMILES string of the molecule is O=C(CCCC=CC[C@@H]1[C@@H](C=C[C@@H](O)COc2cccc(C(F)(F)F)c2)[C@H](O)C[C@@H]1O)NCCSCCO[N+](=O)[O-]. The Morgan fingerprint density at radius 1 is 1.24 bits per heavy atom. The van der Waals surface area contributed by atoms with Gasteiger partial charge in [-0.15, -0.1) is 10.1 Å². The minimum Gasteiger partial charge on any atom is -0.491 e. The number of allylic oxidation sites excluding steroid dienone is 2. The van der Waals surface area contributed by atoms with E-state index in [1.54, 1.807) is 6.08 Å². The molecule has 2 rings (SSSR count). The Balaban J connectivity index is 1.68. The monoisotopic (exact) mass is 606 g/mol. The zero-order valence-corrected chi connectivity index (χ0v) is 23.3. The summed E-state index contributed by atoms with van der Waals surface area (Å²) in [6, 6.07) is 4.36. The number of nitrogens with zero attached hydrogens (tertiary/aromatic N) is 1. The fraction of sp³-hybridized carbons (Fsp3) is 0.593. The molecular weight excluding hydrogens is 569 g/mol. The first-order valence-electron chi connectivity index (χ1n) is 13.3. The second kappa shape index (κ2) is 17.9. The fourth-order valence-electron chi connectivity index (χ4n) is 4.34. The number of hydrogen-bond donors (Lipinski definition) is 4. The molecule has 41 heavy (non-hydrogen) atoms. The van der Waals surface area contributed by atoms with Gasteiger partial charge in [-0.1, -0.05) is 30.4 Å². The van der Waals surface area contributed by atoms with E-state index in [1.807, 2.05) is 12.2 Å². The Bertz CT molecular complexity index is 1010. The van der Waals surface area contributed by atoms with Crippen molar-refractivity contribution in [2.75, 3.05) is 31.3 Å². The zero-order chi connectivity index (χ0) is 30.3. The number of amides is 1. The minimum absolute atomic E-state index is 0.00905. The maximum atomic E-state index is 12.8. The lowest BCUT2D eigenvalue weighted by Crippen LogP contribution is -2.25. The molecule has 1 fully saturated rings. The van der Waals surface area contributed by atoms with E-state index < -0.39 is 41.1 Å². The molecule has 1 aromatic carbocycles. The van der Waals surface area contributed by atoms with Crippen molar-refractivity contribution in [3.8, 4) is 5.75 Å². The summed E-state index contributed by atoms with van der Waals surface area (Å²) < 4.78 is 43.8. The van der Waals surface area contributed by atoms with E-state index in [4.69, 9.17) is 4.74 Å². The Hall–Kier alpha value is -2.81. The van der Waals surface area contributed by atoms with Gasteiger partial charge in [-0.25, -0.2) is 0 Å². The molecule has 0 aromatic heterocycles. The van der Waals surface area contributed by atoms with Gasteiger partial charge in [0.2, 0.25) is 5.91 Å². The van der Waals surface area contributed by atoms with Gasteiger partial charge in [0.05, 0.1) is 17.8 Å². The van der Waals surface area contributed by atoms with Crippen molar-refractivity contribution in [1.82, 2.24) is 5.32 Å². The van der Waals surface area contributed by atoms with E-state index in [0.29, 0.717) is 43.7 Å². The van der Waals surface area contributed by atoms with Crippen LogP contribution in [0.4, 0.5) is 13.2 Å².